The molecule has 1 atom stereocenters. The molecule has 0 aliphatic carbocycles. The van der Waals surface area contributed by atoms with Crippen molar-refractivity contribution in [2.75, 3.05) is 20.3 Å². The molecular weight excluding hydrogens is 306 g/mol. The van der Waals surface area contributed by atoms with E-state index in [2.05, 4.69) is 19.9 Å². The minimum absolute atomic E-state index is 0.310. The third kappa shape index (κ3) is 3.01. The normalized spacial score (nSPS) is 14.5. The Kier molecular flexibility index (Phi) is 4.19. The molecule has 0 radical (unpaired) electrons. The lowest BCUT2D eigenvalue weighted by molar-refractivity contribution is -0.139. The van der Waals surface area contributed by atoms with Crippen molar-refractivity contribution in [3.63, 3.8) is 0 Å². The predicted molar refractivity (Wildman–Crippen MR) is 80.1 cm³/mol. The van der Waals surface area contributed by atoms with Crippen LogP contribution in [0.25, 0.3) is 11.4 Å². The number of hydrogen-bond donors (Lipinski definition) is 1. The molecule has 0 unspecified atom stereocenters. The van der Waals surface area contributed by atoms with Gasteiger partial charge in [-0.05, 0) is 25.1 Å². The van der Waals surface area contributed by atoms with Crippen LogP contribution in [0.15, 0.2) is 23.4 Å². The SMILES string of the molecule is COC(=O)[C@@H](C)Sc1n[nH]c(-c2ccc3c(c2)OCCO3)n1. The standard InChI is InChI=1S/C14H15N3O4S/c1-8(13(18)19-2)22-14-15-12(16-17-14)9-3-4-10-11(7-9)21-6-5-20-10/h3-4,7-8H,5-6H2,1-2H3,(H,15,16,17)/t8-/m1/s1. The summed E-state index contributed by atoms with van der Waals surface area (Å²) in [5.41, 5.74) is 0.842. The summed E-state index contributed by atoms with van der Waals surface area (Å²) in [5.74, 6) is 1.72. The molecule has 1 N–H and O–H groups in total. The van der Waals surface area contributed by atoms with Crippen molar-refractivity contribution < 1.29 is 19.0 Å². The maximum Gasteiger partial charge on any atom is 0.318 e. The Morgan fingerprint density at radius 2 is 2.14 bits per heavy atom. The predicted octanol–water partition coefficient (Wildman–Crippen LogP) is 1.90. The van der Waals surface area contributed by atoms with Crippen LogP contribution in [0.5, 0.6) is 11.5 Å². The molecule has 0 amide bonds. The maximum absolute atomic E-state index is 11.4. The monoisotopic (exact) mass is 321 g/mol. The van der Waals surface area contributed by atoms with Crippen LogP contribution in [0, 0.1) is 0 Å². The molecule has 116 valence electrons. The topological polar surface area (TPSA) is 86.3 Å². The molecule has 3 rings (SSSR count). The zero-order chi connectivity index (χ0) is 15.5. The van der Waals surface area contributed by atoms with E-state index in [0.717, 1.165) is 11.3 Å². The average molecular weight is 321 g/mol. The number of fused-ring (bicyclic) bond motifs is 1. The second kappa shape index (κ2) is 6.27. The zero-order valence-electron chi connectivity index (χ0n) is 12.2. The van der Waals surface area contributed by atoms with E-state index in [1.807, 2.05) is 18.2 Å². The van der Waals surface area contributed by atoms with Gasteiger partial charge in [0.05, 0.1) is 7.11 Å². The molecule has 8 heteroatoms. The summed E-state index contributed by atoms with van der Waals surface area (Å²) < 4.78 is 15.7. The first kappa shape index (κ1) is 14.7. The fraction of sp³-hybridized carbons (Fsp3) is 0.357. The second-order valence-electron chi connectivity index (χ2n) is 4.61. The summed E-state index contributed by atoms with van der Waals surface area (Å²) in [5, 5.41) is 7.09. The highest BCUT2D eigenvalue weighted by Crippen LogP contribution is 2.34. The van der Waals surface area contributed by atoms with Gasteiger partial charge >= 0.3 is 5.97 Å². The second-order valence-corrected chi connectivity index (χ2v) is 5.92. The van der Waals surface area contributed by atoms with Gasteiger partial charge in [0.2, 0.25) is 5.16 Å². The summed E-state index contributed by atoms with van der Waals surface area (Å²) in [6.07, 6.45) is 0. The van der Waals surface area contributed by atoms with Crippen molar-refractivity contribution in [3.8, 4) is 22.9 Å². The van der Waals surface area contributed by atoms with E-state index < -0.39 is 0 Å². The van der Waals surface area contributed by atoms with Crippen molar-refractivity contribution in [3.05, 3.63) is 18.2 Å². The molecule has 1 aromatic heterocycles. The molecule has 1 aliphatic rings. The van der Waals surface area contributed by atoms with Crippen molar-refractivity contribution in [2.45, 2.75) is 17.3 Å². The molecule has 2 aromatic rings. The molecule has 0 fully saturated rings. The Morgan fingerprint density at radius 3 is 2.91 bits per heavy atom. The van der Waals surface area contributed by atoms with Gasteiger partial charge in [-0.15, -0.1) is 5.10 Å². The van der Waals surface area contributed by atoms with Gasteiger partial charge in [0.15, 0.2) is 17.3 Å². The molecule has 0 saturated carbocycles. The molecule has 22 heavy (non-hydrogen) atoms. The Hall–Kier alpha value is -2.22. The van der Waals surface area contributed by atoms with E-state index in [-0.39, 0.29) is 11.2 Å². The number of ether oxygens (including phenoxy) is 3. The number of hydrogen-bond acceptors (Lipinski definition) is 7. The first-order valence-electron chi connectivity index (χ1n) is 6.74. The molecule has 0 bridgehead atoms. The number of carbonyl (C=O) groups excluding carboxylic acids is 1. The van der Waals surface area contributed by atoms with E-state index in [9.17, 15) is 4.79 Å². The van der Waals surface area contributed by atoms with Gasteiger partial charge in [0.1, 0.15) is 18.5 Å². The number of aromatic amines is 1. The Bertz CT molecular complexity index is 688. The van der Waals surface area contributed by atoms with Gasteiger partial charge in [0, 0.05) is 5.56 Å². The fourth-order valence-corrected chi connectivity index (χ4v) is 2.74. The molecule has 0 saturated heterocycles. The van der Waals surface area contributed by atoms with Gasteiger partial charge in [0.25, 0.3) is 0 Å². The van der Waals surface area contributed by atoms with E-state index in [0.29, 0.717) is 29.9 Å². The van der Waals surface area contributed by atoms with Gasteiger partial charge in [-0.3, -0.25) is 9.89 Å². The Balaban J connectivity index is 1.77. The minimum Gasteiger partial charge on any atom is -0.486 e. The summed E-state index contributed by atoms with van der Waals surface area (Å²) in [7, 11) is 1.36. The lowest BCUT2D eigenvalue weighted by Gasteiger charge is -2.18. The molecule has 7 nitrogen and oxygen atoms in total. The summed E-state index contributed by atoms with van der Waals surface area (Å²) in [6, 6.07) is 5.58. The van der Waals surface area contributed by atoms with Crippen LogP contribution in [-0.2, 0) is 9.53 Å². The van der Waals surface area contributed by atoms with Gasteiger partial charge in [-0.25, -0.2) is 4.98 Å². The Morgan fingerprint density at radius 1 is 1.36 bits per heavy atom. The van der Waals surface area contributed by atoms with Crippen molar-refractivity contribution in [1.29, 1.82) is 0 Å². The third-order valence-electron chi connectivity index (χ3n) is 3.10. The van der Waals surface area contributed by atoms with E-state index in [1.165, 1.54) is 18.9 Å². The molecule has 1 aromatic carbocycles. The smallest absolute Gasteiger partial charge is 0.318 e. The molecular formula is C14H15N3O4S. The Labute approximate surface area is 131 Å². The highest BCUT2D eigenvalue weighted by molar-refractivity contribution is 8.00. The number of H-pyrrole nitrogens is 1. The van der Waals surface area contributed by atoms with Crippen molar-refractivity contribution in [1.82, 2.24) is 15.2 Å². The quantitative estimate of drug-likeness (QED) is 0.680. The molecule has 2 heterocycles. The first-order chi connectivity index (χ1) is 10.7. The van der Waals surface area contributed by atoms with Crippen LogP contribution >= 0.6 is 11.8 Å². The summed E-state index contributed by atoms with van der Waals surface area (Å²) in [6.45, 7) is 2.84. The summed E-state index contributed by atoms with van der Waals surface area (Å²) >= 11 is 1.24. The average Bonchev–Trinajstić information content (AvgIpc) is 3.02. The van der Waals surface area contributed by atoms with Crippen LogP contribution in [0.1, 0.15) is 6.92 Å². The summed E-state index contributed by atoms with van der Waals surface area (Å²) in [4.78, 5) is 15.8. The van der Waals surface area contributed by atoms with Crippen LogP contribution in [0.4, 0.5) is 0 Å². The van der Waals surface area contributed by atoms with Crippen LogP contribution in [-0.4, -0.2) is 46.7 Å². The van der Waals surface area contributed by atoms with E-state index in [4.69, 9.17) is 9.47 Å². The number of nitrogens with zero attached hydrogens (tertiary/aromatic N) is 2. The number of nitrogens with one attached hydrogen (secondary N) is 1. The number of esters is 1. The minimum atomic E-state index is -0.367. The van der Waals surface area contributed by atoms with E-state index in [1.54, 1.807) is 6.92 Å². The number of rotatable bonds is 4. The highest BCUT2D eigenvalue weighted by Gasteiger charge is 2.18. The van der Waals surface area contributed by atoms with Gasteiger partial charge in [-0.1, -0.05) is 11.8 Å². The number of thioether (sulfide) groups is 1. The largest absolute Gasteiger partial charge is 0.486 e. The lowest BCUT2D eigenvalue weighted by atomic mass is 10.2. The zero-order valence-corrected chi connectivity index (χ0v) is 13.0. The molecule has 1 aliphatic heterocycles. The fourth-order valence-electron chi connectivity index (χ4n) is 1.99. The number of methoxy groups -OCH3 is 1. The first-order valence-corrected chi connectivity index (χ1v) is 7.62. The number of carbonyl (C=O) groups is 1. The maximum atomic E-state index is 11.4. The lowest BCUT2D eigenvalue weighted by Crippen LogP contribution is -2.15. The van der Waals surface area contributed by atoms with Crippen molar-refractivity contribution in [2.24, 2.45) is 0 Å². The number of benzene rings is 1. The third-order valence-corrected chi connectivity index (χ3v) is 4.04. The van der Waals surface area contributed by atoms with E-state index >= 15 is 0 Å². The van der Waals surface area contributed by atoms with Crippen LogP contribution < -0.4 is 9.47 Å². The van der Waals surface area contributed by atoms with Gasteiger partial charge in [-0.2, -0.15) is 0 Å². The van der Waals surface area contributed by atoms with Crippen molar-refractivity contribution >= 4 is 17.7 Å². The van der Waals surface area contributed by atoms with Crippen LogP contribution in [0.3, 0.4) is 0 Å². The van der Waals surface area contributed by atoms with Gasteiger partial charge < -0.3 is 14.2 Å². The number of aromatic nitrogens is 3. The highest BCUT2D eigenvalue weighted by atomic mass is 32.2. The molecule has 0 spiro atoms. The van der Waals surface area contributed by atoms with Crippen LogP contribution in [0.2, 0.25) is 0 Å².